The Balaban J connectivity index is 1.15. The molecule has 1 unspecified atom stereocenters. The highest BCUT2D eigenvalue weighted by atomic mass is 16.6. The fourth-order valence-corrected chi connectivity index (χ4v) is 8.31. The number of carbonyl (C=O) groups excluding carboxylic acids is 3. The van der Waals surface area contributed by atoms with Gasteiger partial charge in [-0.15, -0.1) is 0 Å². The molecule has 0 radical (unpaired) electrons. The van der Waals surface area contributed by atoms with E-state index in [2.05, 4.69) is 20.9 Å². The van der Waals surface area contributed by atoms with Crippen LogP contribution in [0.1, 0.15) is 75.5 Å². The van der Waals surface area contributed by atoms with Crippen LogP contribution in [0.5, 0.6) is 0 Å². The summed E-state index contributed by atoms with van der Waals surface area (Å²) in [5, 5.41) is 18.8. The zero-order valence-corrected chi connectivity index (χ0v) is 26.3. The maximum absolute atomic E-state index is 14.0. The quantitative estimate of drug-likeness (QED) is 0.175. The molecule has 5 N–H and O–H groups in total. The zero-order valence-electron chi connectivity index (χ0n) is 26.3. The molecule has 4 bridgehead atoms. The van der Waals surface area contributed by atoms with Gasteiger partial charge in [0, 0.05) is 36.5 Å². The molecule has 1 heterocycles. The summed E-state index contributed by atoms with van der Waals surface area (Å²) in [6.45, 7) is 1.94. The number of ether oxygens (including phenoxy) is 1. The molecule has 10 nitrogen and oxygen atoms in total. The van der Waals surface area contributed by atoms with E-state index in [-0.39, 0.29) is 43.7 Å². The largest absolute Gasteiger partial charge is 0.481 e. The van der Waals surface area contributed by atoms with Gasteiger partial charge < -0.3 is 30.8 Å². The van der Waals surface area contributed by atoms with Crippen molar-refractivity contribution >= 4 is 34.8 Å². The number of aromatic nitrogens is 1. The van der Waals surface area contributed by atoms with E-state index in [0.717, 1.165) is 59.5 Å². The summed E-state index contributed by atoms with van der Waals surface area (Å²) in [6, 6.07) is 16.8. The predicted molar refractivity (Wildman–Crippen MR) is 173 cm³/mol. The topological polar surface area (TPSA) is 150 Å². The molecule has 0 aliphatic heterocycles. The molecule has 46 heavy (non-hydrogen) atoms. The number of nitrogens with one attached hydrogen (secondary N) is 4. The van der Waals surface area contributed by atoms with Crippen molar-refractivity contribution in [2.24, 2.45) is 23.7 Å². The maximum Gasteiger partial charge on any atom is 0.408 e. The Kier molecular flexibility index (Phi) is 9.33. The summed E-state index contributed by atoms with van der Waals surface area (Å²) in [4.78, 5) is 54.3. The van der Waals surface area contributed by atoms with Gasteiger partial charge >= 0.3 is 12.1 Å². The summed E-state index contributed by atoms with van der Waals surface area (Å²) in [7, 11) is 0. The Hall–Kier alpha value is -4.34. The van der Waals surface area contributed by atoms with Crippen LogP contribution in [0.25, 0.3) is 10.9 Å². The van der Waals surface area contributed by atoms with Gasteiger partial charge in [-0.1, -0.05) is 48.5 Å². The number of carboxylic acid groups (broad SMARTS) is 1. The van der Waals surface area contributed by atoms with Gasteiger partial charge in [0.15, 0.2) is 0 Å². The van der Waals surface area contributed by atoms with Crippen LogP contribution >= 0.6 is 0 Å². The van der Waals surface area contributed by atoms with E-state index in [4.69, 9.17) is 9.84 Å². The number of amides is 3. The van der Waals surface area contributed by atoms with Crippen LogP contribution in [-0.2, 0) is 25.5 Å². The number of benzene rings is 2. The van der Waals surface area contributed by atoms with Gasteiger partial charge in [0.05, 0.1) is 12.5 Å². The van der Waals surface area contributed by atoms with Crippen molar-refractivity contribution in [3.63, 3.8) is 0 Å². The number of H-pyrrole nitrogens is 1. The lowest BCUT2D eigenvalue weighted by molar-refractivity contribution is -0.139. The number of hydrogen-bond donors (Lipinski definition) is 5. The number of fused-ring (bicyclic) bond motifs is 1. The van der Waals surface area contributed by atoms with E-state index >= 15 is 0 Å². The molecule has 7 rings (SSSR count). The third kappa shape index (κ3) is 7.21. The molecule has 10 heteroatoms. The second-order valence-corrected chi connectivity index (χ2v) is 13.8. The first-order valence-electron chi connectivity index (χ1n) is 16.5. The van der Waals surface area contributed by atoms with Gasteiger partial charge in [-0.25, -0.2) is 4.79 Å². The molecule has 0 spiro atoms. The summed E-state index contributed by atoms with van der Waals surface area (Å²) in [6.07, 6.45) is 7.20. The Morgan fingerprint density at radius 1 is 0.935 bits per heavy atom. The van der Waals surface area contributed by atoms with Crippen molar-refractivity contribution in [1.82, 2.24) is 20.9 Å². The van der Waals surface area contributed by atoms with E-state index in [0.29, 0.717) is 18.3 Å². The molecule has 3 amide bonds. The molecule has 2 aromatic carbocycles. The van der Waals surface area contributed by atoms with Crippen molar-refractivity contribution in [3.8, 4) is 0 Å². The minimum absolute atomic E-state index is 0.107. The summed E-state index contributed by atoms with van der Waals surface area (Å²) in [5.41, 5.74) is 1.37. The number of carboxylic acids is 1. The van der Waals surface area contributed by atoms with Crippen molar-refractivity contribution in [2.75, 3.05) is 6.54 Å². The number of alkyl carbamates (subject to hydrolysis) is 1. The summed E-state index contributed by atoms with van der Waals surface area (Å²) < 4.78 is 6.14. The number of aromatic amines is 1. The number of aliphatic carboxylic acids is 1. The van der Waals surface area contributed by atoms with E-state index in [9.17, 15) is 19.2 Å². The molecule has 4 aliphatic carbocycles. The molecule has 2 atom stereocenters. The third-order valence-corrected chi connectivity index (χ3v) is 10.3. The first kappa shape index (κ1) is 31.6. The highest BCUT2D eigenvalue weighted by Gasteiger charge is 2.50. The van der Waals surface area contributed by atoms with Crippen LogP contribution in [0, 0.1) is 23.7 Å². The van der Waals surface area contributed by atoms with Crippen LogP contribution in [0.15, 0.2) is 60.8 Å². The lowest BCUT2D eigenvalue weighted by atomic mass is 9.55. The Morgan fingerprint density at radius 2 is 1.61 bits per heavy atom. The molecule has 3 aromatic rings. The highest BCUT2D eigenvalue weighted by Crippen LogP contribution is 2.54. The van der Waals surface area contributed by atoms with E-state index in [1.807, 2.05) is 60.8 Å². The second-order valence-electron chi connectivity index (χ2n) is 13.8. The average Bonchev–Trinajstić information content (AvgIpc) is 3.43. The fraction of sp³-hybridized carbons (Fsp3) is 0.500. The van der Waals surface area contributed by atoms with Crippen molar-refractivity contribution < 1.29 is 29.0 Å². The van der Waals surface area contributed by atoms with Crippen molar-refractivity contribution in [3.05, 3.63) is 71.9 Å². The predicted octanol–water partition coefficient (Wildman–Crippen LogP) is 5.25. The molecule has 0 saturated heterocycles. The van der Waals surface area contributed by atoms with Crippen molar-refractivity contribution in [1.29, 1.82) is 0 Å². The minimum Gasteiger partial charge on any atom is -0.481 e. The SMILES string of the molecule is CC(Cc1c[nH]c2ccccc12)(NC(=O)OC1C2CC3CC(C2)CC1C3)C(=O)NCC[C@H](NC(=O)CCC(=O)O)c1ccccc1. The first-order valence-corrected chi connectivity index (χ1v) is 16.5. The number of carbonyl (C=O) groups is 4. The molecule has 4 aliphatic rings. The molecular weight excluding hydrogens is 584 g/mol. The molecule has 4 saturated carbocycles. The molecule has 1 aromatic heterocycles. The average molecular weight is 629 g/mol. The zero-order chi connectivity index (χ0) is 32.3. The Morgan fingerprint density at radius 3 is 2.30 bits per heavy atom. The lowest BCUT2D eigenvalue weighted by Gasteiger charge is -2.53. The highest BCUT2D eigenvalue weighted by molar-refractivity contribution is 5.91. The lowest BCUT2D eigenvalue weighted by Crippen LogP contribution is -2.60. The molecular formula is C36H44N4O6. The van der Waals surface area contributed by atoms with Gasteiger partial charge in [0.1, 0.15) is 11.6 Å². The Bertz CT molecular complexity index is 1540. The van der Waals surface area contributed by atoms with Gasteiger partial charge in [-0.05, 0) is 86.3 Å². The fourth-order valence-electron chi connectivity index (χ4n) is 8.31. The number of rotatable bonds is 13. The first-order chi connectivity index (χ1) is 22.2. The smallest absolute Gasteiger partial charge is 0.408 e. The van der Waals surface area contributed by atoms with Crippen LogP contribution in [0.2, 0.25) is 0 Å². The van der Waals surface area contributed by atoms with Gasteiger partial charge in [0.25, 0.3) is 0 Å². The Labute approximate surface area is 269 Å². The monoisotopic (exact) mass is 628 g/mol. The van der Waals surface area contributed by atoms with Gasteiger partial charge in [-0.2, -0.15) is 0 Å². The minimum atomic E-state index is -1.32. The normalized spacial score (nSPS) is 24.9. The maximum atomic E-state index is 14.0. The van der Waals surface area contributed by atoms with Crippen LogP contribution < -0.4 is 16.0 Å². The van der Waals surface area contributed by atoms with Gasteiger partial charge in [-0.3, -0.25) is 14.4 Å². The third-order valence-electron chi connectivity index (χ3n) is 10.3. The molecule has 4 fully saturated rings. The summed E-state index contributed by atoms with van der Waals surface area (Å²) >= 11 is 0. The number of para-hydroxylation sites is 1. The summed E-state index contributed by atoms with van der Waals surface area (Å²) in [5.74, 6) is 0.537. The van der Waals surface area contributed by atoms with Crippen LogP contribution in [-0.4, -0.2) is 52.2 Å². The van der Waals surface area contributed by atoms with E-state index in [1.54, 1.807) is 6.92 Å². The standard InChI is InChI=1S/C36H44N4O6/c1-36(20-27-21-38-30-10-6-5-9-28(27)30,40-35(45)46-33-25-16-22-15-23(18-25)19-26(33)17-22)34(44)37-14-13-29(24-7-3-2-4-8-24)39-31(41)11-12-32(42)43/h2-10,21-23,25-26,29,33,38H,11-20H2,1H3,(H,37,44)(H,39,41)(H,40,45)(H,42,43)/t22?,23?,25?,26?,29-,33?,36?/m0/s1. The molecule has 244 valence electrons. The van der Waals surface area contributed by atoms with E-state index in [1.165, 1.54) is 6.42 Å². The van der Waals surface area contributed by atoms with E-state index < -0.39 is 23.6 Å². The second kappa shape index (κ2) is 13.6. The van der Waals surface area contributed by atoms with Crippen LogP contribution in [0.3, 0.4) is 0 Å². The number of hydrogen-bond acceptors (Lipinski definition) is 5. The van der Waals surface area contributed by atoms with Crippen molar-refractivity contribution in [2.45, 2.75) is 82.4 Å². The van der Waals surface area contributed by atoms with Crippen LogP contribution in [0.4, 0.5) is 4.79 Å². The van der Waals surface area contributed by atoms with Gasteiger partial charge in [0.2, 0.25) is 11.8 Å².